The van der Waals surface area contributed by atoms with E-state index in [1.54, 1.807) is 0 Å². The van der Waals surface area contributed by atoms with Gasteiger partial charge in [0.05, 0.1) is 22.7 Å². The van der Waals surface area contributed by atoms with E-state index in [1.165, 1.54) is 0 Å². The summed E-state index contributed by atoms with van der Waals surface area (Å²) < 4.78 is 42.7. The molecule has 1 aromatic carbocycles. The Balaban J connectivity index is 3.58. The lowest BCUT2D eigenvalue weighted by Gasteiger charge is -2.14. The summed E-state index contributed by atoms with van der Waals surface area (Å²) >= 11 is 8.10. The van der Waals surface area contributed by atoms with Crippen molar-refractivity contribution in [2.45, 2.75) is 6.18 Å². The SMILES string of the molecule is COc1c(Br)ccc(C(F)(F)F)c1C(=O)Cl. The number of methoxy groups -OCH3 is 1. The van der Waals surface area contributed by atoms with Gasteiger partial charge >= 0.3 is 6.18 Å². The van der Waals surface area contributed by atoms with E-state index in [2.05, 4.69) is 15.9 Å². The minimum absolute atomic E-state index is 0.227. The highest BCUT2D eigenvalue weighted by molar-refractivity contribution is 9.10. The quantitative estimate of drug-likeness (QED) is 0.774. The van der Waals surface area contributed by atoms with E-state index in [4.69, 9.17) is 16.3 Å². The minimum atomic E-state index is -4.66. The van der Waals surface area contributed by atoms with E-state index in [0.29, 0.717) is 0 Å². The van der Waals surface area contributed by atoms with E-state index in [0.717, 1.165) is 19.2 Å². The van der Waals surface area contributed by atoms with Crippen molar-refractivity contribution >= 4 is 32.8 Å². The largest absolute Gasteiger partial charge is 0.495 e. The zero-order valence-corrected chi connectivity index (χ0v) is 10.2. The molecule has 0 saturated heterocycles. The number of benzene rings is 1. The molecule has 0 heterocycles. The topological polar surface area (TPSA) is 26.3 Å². The van der Waals surface area contributed by atoms with Gasteiger partial charge in [-0.3, -0.25) is 4.79 Å². The lowest BCUT2D eigenvalue weighted by Crippen LogP contribution is -2.12. The first-order chi connectivity index (χ1) is 7.29. The molecule has 0 unspecified atom stereocenters. The highest BCUT2D eigenvalue weighted by atomic mass is 79.9. The molecule has 88 valence electrons. The van der Waals surface area contributed by atoms with Gasteiger partial charge in [-0.15, -0.1) is 0 Å². The number of alkyl halides is 3. The second kappa shape index (κ2) is 4.63. The summed E-state index contributed by atoms with van der Waals surface area (Å²) in [5.74, 6) is -0.227. The summed E-state index contributed by atoms with van der Waals surface area (Å²) in [5, 5.41) is -1.22. The summed E-state index contributed by atoms with van der Waals surface area (Å²) in [7, 11) is 1.16. The molecule has 0 aliphatic heterocycles. The molecule has 0 saturated carbocycles. The van der Waals surface area contributed by atoms with E-state index in [-0.39, 0.29) is 10.2 Å². The second-order valence-corrected chi connectivity index (χ2v) is 3.97. The molecule has 1 rings (SSSR count). The molecular formula is C9H5BrClF3O2. The first-order valence-corrected chi connectivity index (χ1v) is 5.09. The van der Waals surface area contributed by atoms with Crippen LogP contribution in [-0.2, 0) is 6.18 Å². The normalized spacial score (nSPS) is 11.4. The highest BCUT2D eigenvalue weighted by Crippen LogP contribution is 2.40. The Morgan fingerprint density at radius 3 is 2.38 bits per heavy atom. The van der Waals surface area contributed by atoms with Crippen LogP contribution >= 0.6 is 27.5 Å². The van der Waals surface area contributed by atoms with Gasteiger partial charge in [-0.05, 0) is 39.7 Å². The molecule has 0 N–H and O–H groups in total. The van der Waals surface area contributed by atoms with Crippen LogP contribution in [0.5, 0.6) is 5.75 Å². The Bertz CT molecular complexity index is 431. The Labute approximate surface area is 102 Å². The van der Waals surface area contributed by atoms with Crippen LogP contribution in [0.4, 0.5) is 13.2 Å². The standard InChI is InChI=1S/C9H5BrClF3O2/c1-16-7-5(10)3-2-4(9(12,13)14)6(7)8(11)15/h2-3H,1H3. The van der Waals surface area contributed by atoms with Crippen LogP contribution < -0.4 is 4.74 Å². The van der Waals surface area contributed by atoms with Gasteiger partial charge < -0.3 is 4.74 Å². The average molecular weight is 317 g/mol. The summed E-state index contributed by atoms with van der Waals surface area (Å²) in [4.78, 5) is 11.0. The molecule has 0 aromatic heterocycles. The van der Waals surface area contributed by atoms with E-state index in [1.807, 2.05) is 0 Å². The number of hydrogen-bond donors (Lipinski definition) is 0. The molecule has 16 heavy (non-hydrogen) atoms. The number of rotatable bonds is 2. The molecule has 2 nitrogen and oxygen atoms in total. The van der Waals surface area contributed by atoms with Gasteiger partial charge in [0.15, 0.2) is 0 Å². The molecule has 0 atom stereocenters. The number of carbonyl (C=O) groups excluding carboxylic acids is 1. The molecule has 0 fully saturated rings. The monoisotopic (exact) mass is 316 g/mol. The van der Waals surface area contributed by atoms with Crippen molar-refractivity contribution in [1.29, 1.82) is 0 Å². The summed E-state index contributed by atoms with van der Waals surface area (Å²) in [6.45, 7) is 0. The van der Waals surface area contributed by atoms with Gasteiger partial charge in [-0.2, -0.15) is 13.2 Å². The van der Waals surface area contributed by atoms with Gasteiger partial charge in [0.25, 0.3) is 5.24 Å². The molecule has 0 aliphatic rings. The third-order valence-corrected chi connectivity index (χ3v) is 2.63. The lowest BCUT2D eigenvalue weighted by molar-refractivity contribution is -0.138. The summed E-state index contributed by atoms with van der Waals surface area (Å²) in [6, 6.07) is 1.91. The zero-order chi connectivity index (χ0) is 12.5. The van der Waals surface area contributed by atoms with Gasteiger partial charge in [-0.25, -0.2) is 0 Å². The Morgan fingerprint density at radius 2 is 2.00 bits per heavy atom. The van der Waals surface area contributed by atoms with E-state index >= 15 is 0 Å². The second-order valence-electron chi connectivity index (χ2n) is 2.77. The van der Waals surface area contributed by atoms with Crippen LogP contribution in [-0.4, -0.2) is 12.4 Å². The Hall–Kier alpha value is -0.750. The molecule has 7 heteroatoms. The summed E-state index contributed by atoms with van der Waals surface area (Å²) in [6.07, 6.45) is -4.66. The molecule has 0 spiro atoms. The fourth-order valence-electron chi connectivity index (χ4n) is 1.19. The van der Waals surface area contributed by atoms with Crippen molar-refractivity contribution in [3.63, 3.8) is 0 Å². The first-order valence-electron chi connectivity index (χ1n) is 3.92. The third kappa shape index (κ3) is 2.49. The van der Waals surface area contributed by atoms with Crippen LogP contribution in [0.1, 0.15) is 15.9 Å². The first kappa shape index (κ1) is 13.3. The van der Waals surface area contributed by atoms with Crippen LogP contribution in [0.25, 0.3) is 0 Å². The average Bonchev–Trinajstić information content (AvgIpc) is 2.14. The van der Waals surface area contributed by atoms with Crippen LogP contribution in [0, 0.1) is 0 Å². The van der Waals surface area contributed by atoms with Gasteiger partial charge in [0.1, 0.15) is 5.75 Å². The number of ether oxygens (including phenoxy) is 1. The maximum absolute atomic E-state index is 12.6. The number of halogens is 5. The van der Waals surface area contributed by atoms with Crippen molar-refractivity contribution in [1.82, 2.24) is 0 Å². The molecule has 1 aromatic rings. The maximum Gasteiger partial charge on any atom is 0.417 e. The number of carbonyl (C=O) groups is 1. The molecule has 0 aliphatic carbocycles. The maximum atomic E-state index is 12.6. The van der Waals surface area contributed by atoms with Crippen molar-refractivity contribution in [2.75, 3.05) is 7.11 Å². The minimum Gasteiger partial charge on any atom is -0.495 e. The van der Waals surface area contributed by atoms with Crippen molar-refractivity contribution < 1.29 is 22.7 Å². The molecular weight excluding hydrogens is 312 g/mol. The van der Waals surface area contributed by atoms with Crippen molar-refractivity contribution in [2.24, 2.45) is 0 Å². The predicted molar refractivity (Wildman–Crippen MR) is 55.9 cm³/mol. The fraction of sp³-hybridized carbons (Fsp3) is 0.222. The Kier molecular flexibility index (Phi) is 3.85. The third-order valence-electron chi connectivity index (χ3n) is 1.82. The Morgan fingerprint density at radius 1 is 1.44 bits per heavy atom. The van der Waals surface area contributed by atoms with Crippen LogP contribution in [0.15, 0.2) is 16.6 Å². The highest BCUT2D eigenvalue weighted by Gasteiger charge is 2.37. The van der Waals surface area contributed by atoms with Crippen LogP contribution in [0.3, 0.4) is 0 Å². The van der Waals surface area contributed by atoms with Gasteiger partial charge in [0.2, 0.25) is 0 Å². The molecule has 0 bridgehead atoms. The summed E-state index contributed by atoms with van der Waals surface area (Å²) in [5.41, 5.74) is -1.81. The predicted octanol–water partition coefficient (Wildman–Crippen LogP) is 3.86. The molecule has 0 amide bonds. The molecule has 0 radical (unpaired) electrons. The van der Waals surface area contributed by atoms with Crippen molar-refractivity contribution in [3.05, 3.63) is 27.7 Å². The van der Waals surface area contributed by atoms with Gasteiger partial charge in [-0.1, -0.05) is 0 Å². The zero-order valence-electron chi connectivity index (χ0n) is 7.86. The fourth-order valence-corrected chi connectivity index (χ4v) is 1.87. The van der Waals surface area contributed by atoms with Crippen LogP contribution in [0.2, 0.25) is 0 Å². The number of hydrogen-bond acceptors (Lipinski definition) is 2. The van der Waals surface area contributed by atoms with E-state index < -0.39 is 22.5 Å². The van der Waals surface area contributed by atoms with E-state index in [9.17, 15) is 18.0 Å². The van der Waals surface area contributed by atoms with Crippen molar-refractivity contribution in [3.8, 4) is 5.75 Å². The van der Waals surface area contributed by atoms with Gasteiger partial charge in [0, 0.05) is 0 Å². The lowest BCUT2D eigenvalue weighted by atomic mass is 10.1. The smallest absolute Gasteiger partial charge is 0.417 e.